The van der Waals surface area contributed by atoms with Crippen molar-refractivity contribution in [1.82, 2.24) is 4.98 Å². The second kappa shape index (κ2) is 4.34. The number of hydrogen-bond acceptors (Lipinski definition) is 1. The lowest BCUT2D eigenvalue weighted by atomic mass is 9.87. The van der Waals surface area contributed by atoms with Crippen molar-refractivity contribution in [2.45, 2.75) is 33.6 Å². The predicted octanol–water partition coefficient (Wildman–Crippen LogP) is 5.00. The standard InChI is InChI=1S/C18H19N/c1-11-12(2)14(4)17(13(11)3)16-9-5-7-15-8-6-10-19-18(15)16/h5-10,17H,1-4H3. The molecule has 1 heterocycles. The van der Waals surface area contributed by atoms with Crippen LogP contribution in [0.3, 0.4) is 0 Å². The van der Waals surface area contributed by atoms with E-state index in [1.54, 1.807) is 0 Å². The minimum absolute atomic E-state index is 0.401. The van der Waals surface area contributed by atoms with Crippen LogP contribution < -0.4 is 0 Å². The van der Waals surface area contributed by atoms with E-state index in [1.165, 1.54) is 33.2 Å². The Hall–Kier alpha value is -1.89. The molecule has 0 aliphatic heterocycles. The van der Waals surface area contributed by atoms with Gasteiger partial charge >= 0.3 is 0 Å². The van der Waals surface area contributed by atoms with Crippen LogP contribution in [0.1, 0.15) is 39.2 Å². The minimum atomic E-state index is 0.401. The Morgan fingerprint density at radius 2 is 1.47 bits per heavy atom. The van der Waals surface area contributed by atoms with Crippen LogP contribution in [0.4, 0.5) is 0 Å². The van der Waals surface area contributed by atoms with E-state index in [1.807, 2.05) is 12.3 Å². The smallest absolute Gasteiger partial charge is 0.0743 e. The minimum Gasteiger partial charge on any atom is -0.256 e. The van der Waals surface area contributed by atoms with E-state index in [0.717, 1.165) is 5.52 Å². The van der Waals surface area contributed by atoms with Crippen molar-refractivity contribution >= 4 is 10.9 Å². The monoisotopic (exact) mass is 249 g/mol. The normalized spacial score (nSPS) is 16.8. The topological polar surface area (TPSA) is 12.9 Å². The molecule has 0 atom stereocenters. The first-order chi connectivity index (χ1) is 9.11. The Balaban J connectivity index is 2.27. The lowest BCUT2D eigenvalue weighted by molar-refractivity contribution is 0.941. The lowest BCUT2D eigenvalue weighted by Crippen LogP contribution is -2.01. The van der Waals surface area contributed by atoms with Gasteiger partial charge in [0.2, 0.25) is 0 Å². The Kier molecular flexibility index (Phi) is 2.78. The van der Waals surface area contributed by atoms with Gasteiger partial charge in [-0.3, -0.25) is 4.98 Å². The van der Waals surface area contributed by atoms with Gasteiger partial charge in [0.05, 0.1) is 5.52 Å². The fourth-order valence-corrected chi connectivity index (χ4v) is 3.18. The number of para-hydroxylation sites is 1. The van der Waals surface area contributed by atoms with Crippen LogP contribution in [-0.4, -0.2) is 4.98 Å². The van der Waals surface area contributed by atoms with Gasteiger partial charge in [-0.2, -0.15) is 0 Å². The van der Waals surface area contributed by atoms with Crippen LogP contribution in [0.2, 0.25) is 0 Å². The third-order valence-corrected chi connectivity index (χ3v) is 4.59. The zero-order chi connectivity index (χ0) is 13.6. The summed E-state index contributed by atoms with van der Waals surface area (Å²) in [5, 5.41) is 1.22. The first kappa shape index (κ1) is 12.2. The molecule has 0 saturated heterocycles. The highest BCUT2D eigenvalue weighted by atomic mass is 14.7. The molecule has 0 fully saturated rings. The number of hydrogen-bond donors (Lipinski definition) is 0. The fourth-order valence-electron chi connectivity index (χ4n) is 3.18. The average molecular weight is 249 g/mol. The highest BCUT2D eigenvalue weighted by Crippen LogP contribution is 2.44. The van der Waals surface area contributed by atoms with Gasteiger partial charge in [-0.1, -0.05) is 35.4 Å². The number of rotatable bonds is 1. The molecule has 1 aromatic heterocycles. The van der Waals surface area contributed by atoms with Gasteiger partial charge in [0.15, 0.2) is 0 Å². The Morgan fingerprint density at radius 3 is 2.16 bits per heavy atom. The molecule has 1 aliphatic carbocycles. The first-order valence-corrected chi connectivity index (χ1v) is 6.80. The molecular formula is C18H19N. The van der Waals surface area contributed by atoms with Crippen LogP contribution in [0.15, 0.2) is 58.8 Å². The van der Waals surface area contributed by atoms with Crippen molar-refractivity contribution in [3.63, 3.8) is 0 Å². The number of allylic oxidation sites excluding steroid dienone is 4. The summed E-state index contributed by atoms with van der Waals surface area (Å²) in [5.74, 6) is 0.401. The maximum atomic E-state index is 4.60. The van der Waals surface area contributed by atoms with E-state index in [4.69, 9.17) is 0 Å². The van der Waals surface area contributed by atoms with E-state index < -0.39 is 0 Å². The zero-order valence-corrected chi connectivity index (χ0v) is 12.0. The van der Waals surface area contributed by atoms with Crippen molar-refractivity contribution in [2.75, 3.05) is 0 Å². The summed E-state index contributed by atoms with van der Waals surface area (Å²) in [7, 11) is 0. The van der Waals surface area contributed by atoms with Gasteiger partial charge in [0, 0.05) is 17.5 Å². The van der Waals surface area contributed by atoms with Gasteiger partial charge in [-0.05, 0) is 50.5 Å². The summed E-state index contributed by atoms with van der Waals surface area (Å²) in [6, 6.07) is 10.6. The zero-order valence-electron chi connectivity index (χ0n) is 12.0. The largest absolute Gasteiger partial charge is 0.256 e. The summed E-state index contributed by atoms with van der Waals surface area (Å²) >= 11 is 0. The molecule has 1 heteroatoms. The number of aromatic nitrogens is 1. The third kappa shape index (κ3) is 1.73. The molecule has 0 saturated carbocycles. The molecule has 2 aromatic rings. The number of nitrogens with zero attached hydrogens (tertiary/aromatic N) is 1. The molecule has 19 heavy (non-hydrogen) atoms. The molecular weight excluding hydrogens is 230 g/mol. The van der Waals surface area contributed by atoms with E-state index in [-0.39, 0.29) is 0 Å². The summed E-state index contributed by atoms with van der Waals surface area (Å²) < 4.78 is 0. The number of fused-ring (bicyclic) bond motifs is 1. The molecule has 1 nitrogen and oxygen atoms in total. The Bertz CT molecular complexity index is 690. The van der Waals surface area contributed by atoms with Crippen molar-refractivity contribution < 1.29 is 0 Å². The van der Waals surface area contributed by atoms with Gasteiger partial charge in [-0.15, -0.1) is 0 Å². The maximum Gasteiger partial charge on any atom is 0.0743 e. The lowest BCUT2D eigenvalue weighted by Gasteiger charge is -2.17. The quantitative estimate of drug-likeness (QED) is 0.692. The van der Waals surface area contributed by atoms with E-state index >= 15 is 0 Å². The molecule has 0 amide bonds. The van der Waals surface area contributed by atoms with Crippen LogP contribution in [0.5, 0.6) is 0 Å². The average Bonchev–Trinajstić information content (AvgIpc) is 2.63. The maximum absolute atomic E-state index is 4.60. The Morgan fingerprint density at radius 1 is 0.842 bits per heavy atom. The first-order valence-electron chi connectivity index (χ1n) is 6.80. The third-order valence-electron chi connectivity index (χ3n) is 4.59. The van der Waals surface area contributed by atoms with Crippen LogP contribution in [-0.2, 0) is 0 Å². The van der Waals surface area contributed by atoms with Gasteiger partial charge < -0.3 is 0 Å². The SMILES string of the molecule is CC1=C(C)C(c2cccc3cccnc23)C(C)=C1C. The molecule has 0 N–H and O–H groups in total. The molecule has 0 unspecified atom stereocenters. The summed E-state index contributed by atoms with van der Waals surface area (Å²) in [4.78, 5) is 4.60. The van der Waals surface area contributed by atoms with Crippen LogP contribution in [0.25, 0.3) is 10.9 Å². The van der Waals surface area contributed by atoms with Crippen molar-refractivity contribution in [3.05, 3.63) is 64.4 Å². The molecule has 1 aromatic carbocycles. The Labute approximate surface area is 114 Å². The molecule has 1 aliphatic rings. The summed E-state index contributed by atoms with van der Waals surface area (Å²) in [5.41, 5.74) is 8.28. The highest BCUT2D eigenvalue weighted by Gasteiger charge is 2.27. The van der Waals surface area contributed by atoms with Gasteiger partial charge in [0.1, 0.15) is 0 Å². The predicted molar refractivity (Wildman–Crippen MR) is 81.2 cm³/mol. The van der Waals surface area contributed by atoms with Crippen molar-refractivity contribution in [1.29, 1.82) is 0 Å². The van der Waals surface area contributed by atoms with Gasteiger partial charge in [-0.25, -0.2) is 0 Å². The van der Waals surface area contributed by atoms with Crippen LogP contribution in [0, 0.1) is 0 Å². The van der Waals surface area contributed by atoms with E-state index in [0.29, 0.717) is 5.92 Å². The van der Waals surface area contributed by atoms with E-state index in [9.17, 15) is 0 Å². The molecule has 3 rings (SSSR count). The highest BCUT2D eigenvalue weighted by molar-refractivity contribution is 5.83. The second-order valence-corrected chi connectivity index (χ2v) is 5.47. The van der Waals surface area contributed by atoms with Crippen molar-refractivity contribution in [3.8, 4) is 0 Å². The number of pyridine rings is 1. The van der Waals surface area contributed by atoms with E-state index in [2.05, 4.69) is 56.9 Å². The molecule has 96 valence electrons. The van der Waals surface area contributed by atoms with Crippen molar-refractivity contribution in [2.24, 2.45) is 0 Å². The van der Waals surface area contributed by atoms with Gasteiger partial charge in [0.25, 0.3) is 0 Å². The fraction of sp³-hybridized carbons (Fsp3) is 0.278. The van der Waals surface area contributed by atoms with Crippen LogP contribution >= 0.6 is 0 Å². The molecule has 0 spiro atoms. The summed E-state index contributed by atoms with van der Waals surface area (Å²) in [6.07, 6.45) is 1.89. The second-order valence-electron chi connectivity index (χ2n) is 5.47. The molecule has 0 radical (unpaired) electrons. The summed E-state index contributed by atoms with van der Waals surface area (Å²) in [6.45, 7) is 8.96. The number of benzene rings is 1. The molecule has 0 bridgehead atoms.